The Morgan fingerprint density at radius 2 is 1.62 bits per heavy atom. The van der Waals surface area contributed by atoms with E-state index in [-0.39, 0.29) is 0 Å². The van der Waals surface area contributed by atoms with Crippen LogP contribution in [0, 0.1) is 0 Å². The molecule has 3 nitrogen and oxygen atoms in total. The molecule has 0 saturated carbocycles. The largest absolute Gasteiger partial charge is 0.493 e. The molecule has 0 aliphatic heterocycles. The number of rotatable bonds is 6. The molecular weight excluding hydrogens is 309 g/mol. The molecule has 0 saturated heterocycles. The molecule has 0 unspecified atom stereocenters. The van der Waals surface area contributed by atoms with Gasteiger partial charge < -0.3 is 14.8 Å². The Kier molecular flexibility index (Phi) is 5.74. The standard InChI is InChI=1S/C16H17Cl2NO2/c1-20-14-8-7-12(15(18)16(14)21-2)10-19-9-11-5-3-4-6-13(11)17/h3-8,19H,9-10H2,1-2H3. The predicted octanol–water partition coefficient (Wildman–Crippen LogP) is 4.30. The molecule has 2 aromatic rings. The fourth-order valence-electron chi connectivity index (χ4n) is 2.04. The molecular formula is C16H17Cl2NO2. The van der Waals surface area contributed by atoms with Crippen LogP contribution >= 0.6 is 23.2 Å². The fourth-order valence-corrected chi connectivity index (χ4v) is 2.54. The molecule has 0 heterocycles. The quantitative estimate of drug-likeness (QED) is 0.858. The van der Waals surface area contributed by atoms with Crippen molar-refractivity contribution in [3.8, 4) is 11.5 Å². The summed E-state index contributed by atoms with van der Waals surface area (Å²) in [5, 5.41) is 4.64. The van der Waals surface area contributed by atoms with Crippen LogP contribution in [0.4, 0.5) is 0 Å². The van der Waals surface area contributed by atoms with Gasteiger partial charge in [-0.2, -0.15) is 0 Å². The zero-order chi connectivity index (χ0) is 15.2. The van der Waals surface area contributed by atoms with Gasteiger partial charge in [0.15, 0.2) is 11.5 Å². The molecule has 2 aromatic carbocycles. The second-order valence-corrected chi connectivity index (χ2v) is 5.25. The first-order valence-corrected chi connectivity index (χ1v) is 7.26. The van der Waals surface area contributed by atoms with Crippen molar-refractivity contribution in [2.45, 2.75) is 13.1 Å². The molecule has 2 rings (SSSR count). The normalized spacial score (nSPS) is 10.5. The van der Waals surface area contributed by atoms with Crippen LogP contribution in [-0.2, 0) is 13.1 Å². The minimum Gasteiger partial charge on any atom is -0.493 e. The van der Waals surface area contributed by atoms with Gasteiger partial charge in [-0.05, 0) is 23.3 Å². The third-order valence-electron chi connectivity index (χ3n) is 3.15. The predicted molar refractivity (Wildman–Crippen MR) is 86.6 cm³/mol. The lowest BCUT2D eigenvalue weighted by Gasteiger charge is -2.13. The van der Waals surface area contributed by atoms with Crippen molar-refractivity contribution in [2.24, 2.45) is 0 Å². The first-order chi connectivity index (χ1) is 10.2. The Hall–Kier alpha value is -1.42. The van der Waals surface area contributed by atoms with E-state index in [9.17, 15) is 0 Å². The maximum Gasteiger partial charge on any atom is 0.179 e. The van der Waals surface area contributed by atoms with Gasteiger partial charge in [0, 0.05) is 18.1 Å². The van der Waals surface area contributed by atoms with Crippen molar-refractivity contribution in [1.29, 1.82) is 0 Å². The number of halogens is 2. The van der Waals surface area contributed by atoms with E-state index in [2.05, 4.69) is 5.32 Å². The highest BCUT2D eigenvalue weighted by Gasteiger charge is 2.12. The Bertz CT molecular complexity index is 617. The molecule has 112 valence electrons. The minimum atomic E-state index is 0.552. The summed E-state index contributed by atoms with van der Waals surface area (Å²) < 4.78 is 10.5. The number of methoxy groups -OCH3 is 2. The van der Waals surface area contributed by atoms with Gasteiger partial charge in [0.2, 0.25) is 0 Å². The van der Waals surface area contributed by atoms with E-state index in [1.54, 1.807) is 14.2 Å². The highest BCUT2D eigenvalue weighted by Crippen LogP contribution is 2.37. The Labute approximate surface area is 134 Å². The van der Waals surface area contributed by atoms with Crippen molar-refractivity contribution < 1.29 is 9.47 Å². The maximum absolute atomic E-state index is 6.33. The molecule has 1 N–H and O–H groups in total. The third kappa shape index (κ3) is 3.82. The number of benzene rings is 2. The summed E-state index contributed by atoms with van der Waals surface area (Å²) >= 11 is 12.5. The highest BCUT2D eigenvalue weighted by atomic mass is 35.5. The van der Waals surface area contributed by atoms with Crippen LogP contribution in [0.5, 0.6) is 11.5 Å². The van der Waals surface area contributed by atoms with Gasteiger partial charge in [-0.3, -0.25) is 0 Å². The average Bonchev–Trinajstić information content (AvgIpc) is 2.50. The van der Waals surface area contributed by atoms with Gasteiger partial charge >= 0.3 is 0 Å². The molecule has 0 spiro atoms. The van der Waals surface area contributed by atoms with Crippen LogP contribution in [0.15, 0.2) is 36.4 Å². The molecule has 0 aromatic heterocycles. The minimum absolute atomic E-state index is 0.552. The first kappa shape index (κ1) is 16.0. The van der Waals surface area contributed by atoms with Crippen LogP contribution in [0.25, 0.3) is 0 Å². The van der Waals surface area contributed by atoms with E-state index in [1.165, 1.54) is 0 Å². The smallest absolute Gasteiger partial charge is 0.179 e. The van der Waals surface area contributed by atoms with E-state index >= 15 is 0 Å². The Morgan fingerprint density at radius 3 is 2.29 bits per heavy atom. The van der Waals surface area contributed by atoms with Crippen molar-refractivity contribution >= 4 is 23.2 Å². The summed E-state index contributed by atoms with van der Waals surface area (Å²) in [7, 11) is 3.16. The molecule has 0 radical (unpaired) electrons. The number of hydrogen-bond acceptors (Lipinski definition) is 3. The molecule has 0 amide bonds. The zero-order valence-electron chi connectivity index (χ0n) is 12.0. The Balaban J connectivity index is 2.05. The molecule has 0 aliphatic rings. The molecule has 0 bridgehead atoms. The van der Waals surface area contributed by atoms with Gasteiger partial charge in [0.1, 0.15) is 0 Å². The second kappa shape index (κ2) is 7.55. The van der Waals surface area contributed by atoms with Crippen LogP contribution in [0.3, 0.4) is 0 Å². The van der Waals surface area contributed by atoms with Gasteiger partial charge in [-0.1, -0.05) is 47.5 Å². The SMILES string of the molecule is COc1ccc(CNCc2ccccc2Cl)c(Cl)c1OC. The van der Waals surface area contributed by atoms with Crippen LogP contribution < -0.4 is 14.8 Å². The van der Waals surface area contributed by atoms with Gasteiger partial charge in [-0.15, -0.1) is 0 Å². The summed E-state index contributed by atoms with van der Waals surface area (Å²) in [4.78, 5) is 0. The van der Waals surface area contributed by atoms with E-state index in [0.717, 1.165) is 16.1 Å². The molecule has 5 heteroatoms. The first-order valence-electron chi connectivity index (χ1n) is 6.50. The van der Waals surface area contributed by atoms with E-state index in [1.807, 2.05) is 36.4 Å². The fraction of sp³-hybridized carbons (Fsp3) is 0.250. The van der Waals surface area contributed by atoms with E-state index in [4.69, 9.17) is 32.7 Å². The summed E-state index contributed by atoms with van der Waals surface area (Å²) in [6, 6.07) is 11.5. The lowest BCUT2D eigenvalue weighted by molar-refractivity contribution is 0.354. The van der Waals surface area contributed by atoms with Gasteiger partial charge in [-0.25, -0.2) is 0 Å². The van der Waals surface area contributed by atoms with Crippen molar-refractivity contribution in [2.75, 3.05) is 14.2 Å². The second-order valence-electron chi connectivity index (χ2n) is 4.47. The van der Waals surface area contributed by atoms with E-state index in [0.29, 0.717) is 29.6 Å². The van der Waals surface area contributed by atoms with Crippen LogP contribution in [-0.4, -0.2) is 14.2 Å². The highest BCUT2D eigenvalue weighted by molar-refractivity contribution is 6.33. The molecule has 0 fully saturated rings. The summed E-state index contributed by atoms with van der Waals surface area (Å²) in [5.41, 5.74) is 2.00. The number of ether oxygens (including phenoxy) is 2. The van der Waals surface area contributed by atoms with Crippen molar-refractivity contribution in [3.05, 3.63) is 57.6 Å². The molecule has 0 aliphatic carbocycles. The van der Waals surface area contributed by atoms with Crippen molar-refractivity contribution in [3.63, 3.8) is 0 Å². The van der Waals surface area contributed by atoms with Crippen molar-refractivity contribution in [1.82, 2.24) is 5.32 Å². The summed E-state index contributed by atoms with van der Waals surface area (Å²) in [6.45, 7) is 1.29. The lowest BCUT2D eigenvalue weighted by atomic mass is 10.1. The van der Waals surface area contributed by atoms with Crippen LogP contribution in [0.1, 0.15) is 11.1 Å². The summed E-state index contributed by atoms with van der Waals surface area (Å²) in [5.74, 6) is 1.17. The number of nitrogens with one attached hydrogen (secondary N) is 1. The molecule has 21 heavy (non-hydrogen) atoms. The topological polar surface area (TPSA) is 30.5 Å². The lowest BCUT2D eigenvalue weighted by Crippen LogP contribution is -2.13. The Morgan fingerprint density at radius 1 is 0.905 bits per heavy atom. The summed E-state index contributed by atoms with van der Waals surface area (Å²) in [6.07, 6.45) is 0. The maximum atomic E-state index is 6.33. The van der Waals surface area contributed by atoms with E-state index < -0.39 is 0 Å². The van der Waals surface area contributed by atoms with Gasteiger partial charge in [0.05, 0.1) is 19.2 Å². The number of hydrogen-bond donors (Lipinski definition) is 1. The zero-order valence-corrected chi connectivity index (χ0v) is 13.5. The van der Waals surface area contributed by atoms with Gasteiger partial charge in [0.25, 0.3) is 0 Å². The monoisotopic (exact) mass is 325 g/mol. The average molecular weight is 326 g/mol. The third-order valence-corrected chi connectivity index (χ3v) is 3.94. The molecule has 0 atom stereocenters. The van der Waals surface area contributed by atoms with Crippen LogP contribution in [0.2, 0.25) is 10.0 Å².